The Kier molecular flexibility index (Phi) is 4.16. The molecule has 1 aromatic heterocycles. The van der Waals surface area contributed by atoms with Crippen molar-refractivity contribution in [3.8, 4) is 11.5 Å². The average molecular weight is 334 g/mol. The highest BCUT2D eigenvalue weighted by atomic mass is 32.1. The maximum Gasteiger partial charge on any atom is 0.350 e. The van der Waals surface area contributed by atoms with Gasteiger partial charge in [0.05, 0.1) is 12.8 Å². The molecule has 3 rings (SSSR count). The van der Waals surface area contributed by atoms with Crippen LogP contribution in [0.25, 0.3) is 0 Å². The third-order valence-corrected chi connectivity index (χ3v) is 4.25. The fourth-order valence-electron chi connectivity index (χ4n) is 2.07. The smallest absolute Gasteiger partial charge is 0.350 e. The number of nitrogens with zero attached hydrogens (tertiary/aromatic N) is 1. The summed E-state index contributed by atoms with van der Waals surface area (Å²) in [5, 5.41) is 2.95. The topological polar surface area (TPSA) is 86.8 Å². The van der Waals surface area contributed by atoms with Gasteiger partial charge in [0.15, 0.2) is 16.6 Å². The van der Waals surface area contributed by atoms with Crippen LogP contribution in [0.4, 0.5) is 5.13 Å². The number of esters is 1. The zero-order chi connectivity index (χ0) is 16.4. The van der Waals surface area contributed by atoms with E-state index in [1.165, 1.54) is 7.11 Å². The van der Waals surface area contributed by atoms with E-state index < -0.39 is 12.1 Å². The van der Waals surface area contributed by atoms with Crippen LogP contribution < -0.4 is 14.8 Å². The van der Waals surface area contributed by atoms with Crippen molar-refractivity contribution in [1.29, 1.82) is 0 Å². The van der Waals surface area contributed by atoms with Crippen molar-refractivity contribution < 1.29 is 23.8 Å². The number of para-hydroxylation sites is 2. The first-order valence-corrected chi connectivity index (χ1v) is 7.65. The van der Waals surface area contributed by atoms with E-state index in [0.29, 0.717) is 27.2 Å². The number of fused-ring (bicyclic) bond motifs is 1. The molecule has 0 saturated carbocycles. The Morgan fingerprint density at radius 2 is 2.09 bits per heavy atom. The number of hydrogen-bond acceptors (Lipinski definition) is 7. The second-order valence-electron chi connectivity index (χ2n) is 4.78. The third-order valence-electron chi connectivity index (χ3n) is 3.20. The Morgan fingerprint density at radius 3 is 2.83 bits per heavy atom. The molecule has 2 aromatic rings. The van der Waals surface area contributed by atoms with Crippen molar-refractivity contribution in [3.63, 3.8) is 0 Å². The normalized spacial score (nSPS) is 15.8. The van der Waals surface area contributed by atoms with E-state index in [1.54, 1.807) is 25.1 Å². The molecule has 1 aliphatic rings. The Morgan fingerprint density at radius 1 is 1.35 bits per heavy atom. The van der Waals surface area contributed by atoms with Gasteiger partial charge in [0.2, 0.25) is 6.10 Å². The minimum atomic E-state index is -0.782. The number of methoxy groups -OCH3 is 1. The first kappa shape index (κ1) is 15.3. The molecule has 2 heterocycles. The van der Waals surface area contributed by atoms with Gasteiger partial charge < -0.3 is 14.2 Å². The molecular formula is C15H14N2O5S. The van der Waals surface area contributed by atoms with Crippen LogP contribution in [0.5, 0.6) is 11.5 Å². The maximum absolute atomic E-state index is 12.3. The largest absolute Gasteiger partial charge is 0.485 e. The van der Waals surface area contributed by atoms with Gasteiger partial charge in [-0.3, -0.25) is 10.1 Å². The summed E-state index contributed by atoms with van der Waals surface area (Å²) >= 11 is 1.06. The minimum Gasteiger partial charge on any atom is -0.485 e. The molecule has 0 saturated heterocycles. The predicted molar refractivity (Wildman–Crippen MR) is 83.2 cm³/mol. The van der Waals surface area contributed by atoms with Crippen LogP contribution in [-0.4, -0.2) is 36.7 Å². The van der Waals surface area contributed by atoms with Crippen LogP contribution in [0.1, 0.15) is 15.4 Å². The number of aryl methyl sites for hydroxylation is 1. The number of nitrogens with one attached hydrogen (secondary N) is 1. The van der Waals surface area contributed by atoms with Crippen LogP contribution >= 0.6 is 11.3 Å². The molecule has 0 unspecified atom stereocenters. The highest BCUT2D eigenvalue weighted by Gasteiger charge is 2.28. The fraction of sp³-hybridized carbons (Fsp3) is 0.267. The molecule has 8 heteroatoms. The summed E-state index contributed by atoms with van der Waals surface area (Å²) in [7, 11) is 1.30. The number of carbonyl (C=O) groups is 2. The summed E-state index contributed by atoms with van der Waals surface area (Å²) in [5.74, 6) is 0.260. The van der Waals surface area contributed by atoms with E-state index in [1.807, 2.05) is 6.07 Å². The van der Waals surface area contributed by atoms with Gasteiger partial charge in [-0.1, -0.05) is 23.5 Å². The summed E-state index contributed by atoms with van der Waals surface area (Å²) in [6.07, 6.45) is -0.782. The summed E-state index contributed by atoms with van der Waals surface area (Å²) in [4.78, 5) is 28.3. The van der Waals surface area contributed by atoms with Crippen molar-refractivity contribution >= 4 is 28.3 Å². The van der Waals surface area contributed by atoms with Crippen molar-refractivity contribution in [2.45, 2.75) is 13.0 Å². The summed E-state index contributed by atoms with van der Waals surface area (Å²) in [5.41, 5.74) is 0.503. The SMILES string of the molecule is COC(=O)c1sc(NC(=O)[C@H]2COc3ccccc3O2)nc1C. The van der Waals surface area contributed by atoms with Gasteiger partial charge in [0.25, 0.3) is 5.91 Å². The highest BCUT2D eigenvalue weighted by Crippen LogP contribution is 2.31. The molecule has 120 valence electrons. The molecule has 1 amide bonds. The van der Waals surface area contributed by atoms with Crippen LogP contribution in [0.15, 0.2) is 24.3 Å². The van der Waals surface area contributed by atoms with Crippen molar-refractivity contribution in [2.24, 2.45) is 0 Å². The number of carbonyl (C=O) groups excluding carboxylic acids is 2. The minimum absolute atomic E-state index is 0.108. The molecule has 1 N–H and O–H groups in total. The van der Waals surface area contributed by atoms with Crippen LogP contribution in [0, 0.1) is 6.92 Å². The zero-order valence-corrected chi connectivity index (χ0v) is 13.3. The Labute approximate surface area is 136 Å². The molecule has 23 heavy (non-hydrogen) atoms. The zero-order valence-electron chi connectivity index (χ0n) is 12.5. The van der Waals surface area contributed by atoms with E-state index in [0.717, 1.165) is 11.3 Å². The van der Waals surface area contributed by atoms with Gasteiger partial charge >= 0.3 is 5.97 Å². The van der Waals surface area contributed by atoms with Crippen molar-refractivity contribution in [3.05, 3.63) is 34.8 Å². The molecule has 0 spiro atoms. The number of rotatable bonds is 3. The average Bonchev–Trinajstić information content (AvgIpc) is 2.94. The number of aromatic nitrogens is 1. The van der Waals surface area contributed by atoms with Gasteiger partial charge in [-0.15, -0.1) is 0 Å². The molecule has 7 nitrogen and oxygen atoms in total. The molecule has 0 bridgehead atoms. The van der Waals surface area contributed by atoms with E-state index >= 15 is 0 Å². The standard InChI is InChI=1S/C15H14N2O5S/c1-8-12(14(19)20-2)23-15(16-8)17-13(18)11-7-21-9-5-3-4-6-10(9)22-11/h3-6,11H,7H2,1-2H3,(H,16,17,18)/t11-/m1/s1. The number of amides is 1. The van der Waals surface area contributed by atoms with Crippen LogP contribution in [0.3, 0.4) is 0 Å². The van der Waals surface area contributed by atoms with E-state index in [2.05, 4.69) is 15.0 Å². The Bertz CT molecular complexity index is 758. The molecule has 0 fully saturated rings. The second-order valence-corrected chi connectivity index (χ2v) is 5.78. The Balaban J connectivity index is 1.70. The molecule has 0 radical (unpaired) electrons. The van der Waals surface area contributed by atoms with Gasteiger partial charge in [0.1, 0.15) is 11.5 Å². The Hall–Kier alpha value is -2.61. The van der Waals surface area contributed by atoms with Crippen molar-refractivity contribution in [1.82, 2.24) is 4.98 Å². The number of thiazole rings is 1. The number of benzene rings is 1. The monoisotopic (exact) mass is 334 g/mol. The first-order valence-electron chi connectivity index (χ1n) is 6.83. The number of ether oxygens (including phenoxy) is 3. The number of anilines is 1. The second kappa shape index (κ2) is 6.25. The van der Waals surface area contributed by atoms with Gasteiger partial charge in [0, 0.05) is 0 Å². The lowest BCUT2D eigenvalue weighted by atomic mass is 10.2. The summed E-state index contributed by atoms with van der Waals surface area (Å²) < 4.78 is 15.8. The highest BCUT2D eigenvalue weighted by molar-refractivity contribution is 7.17. The van der Waals surface area contributed by atoms with E-state index in [9.17, 15) is 9.59 Å². The van der Waals surface area contributed by atoms with Gasteiger partial charge in [-0.05, 0) is 19.1 Å². The van der Waals surface area contributed by atoms with Crippen LogP contribution in [0.2, 0.25) is 0 Å². The van der Waals surface area contributed by atoms with E-state index in [4.69, 9.17) is 9.47 Å². The first-order chi connectivity index (χ1) is 11.1. The molecule has 1 aromatic carbocycles. The fourth-order valence-corrected chi connectivity index (χ4v) is 2.95. The van der Waals surface area contributed by atoms with Crippen molar-refractivity contribution in [2.75, 3.05) is 19.0 Å². The number of hydrogen-bond donors (Lipinski definition) is 1. The lowest BCUT2D eigenvalue weighted by Crippen LogP contribution is -2.40. The van der Waals surface area contributed by atoms with Crippen LogP contribution in [-0.2, 0) is 9.53 Å². The molecule has 0 aliphatic carbocycles. The van der Waals surface area contributed by atoms with Gasteiger partial charge in [-0.25, -0.2) is 9.78 Å². The van der Waals surface area contributed by atoms with Gasteiger partial charge in [-0.2, -0.15) is 0 Å². The molecule has 1 aliphatic heterocycles. The summed E-state index contributed by atoms with van der Waals surface area (Å²) in [6.45, 7) is 1.78. The molecule has 1 atom stereocenters. The lowest BCUT2D eigenvalue weighted by Gasteiger charge is -2.25. The predicted octanol–water partition coefficient (Wildman–Crippen LogP) is 2.02. The third kappa shape index (κ3) is 3.11. The van der Waals surface area contributed by atoms with E-state index in [-0.39, 0.29) is 12.5 Å². The summed E-state index contributed by atoms with van der Waals surface area (Å²) in [6, 6.07) is 7.14. The molecular weight excluding hydrogens is 320 g/mol. The lowest BCUT2D eigenvalue weighted by molar-refractivity contribution is -0.125. The maximum atomic E-state index is 12.3. The quantitative estimate of drug-likeness (QED) is 0.864.